The highest BCUT2D eigenvalue weighted by Crippen LogP contribution is 2.25. The van der Waals surface area contributed by atoms with Crippen molar-refractivity contribution in [2.24, 2.45) is 7.05 Å². The quantitative estimate of drug-likeness (QED) is 0.644. The Bertz CT molecular complexity index is 723. The third-order valence-electron chi connectivity index (χ3n) is 3.70. The minimum absolute atomic E-state index is 0.210. The van der Waals surface area contributed by atoms with Crippen LogP contribution in [0.2, 0.25) is 5.15 Å². The minimum atomic E-state index is -0.210. The maximum absolute atomic E-state index is 9.65. The topological polar surface area (TPSA) is 54.2 Å². The molecular formula is C16H17ClN4O. The lowest BCUT2D eigenvalue weighted by Crippen LogP contribution is -2.36. The number of anilines is 1. The summed E-state index contributed by atoms with van der Waals surface area (Å²) in [5.41, 5.74) is 2.67. The molecule has 1 aliphatic heterocycles. The van der Waals surface area contributed by atoms with Crippen molar-refractivity contribution in [3.8, 4) is 11.8 Å². The van der Waals surface area contributed by atoms with Gasteiger partial charge in [0.15, 0.2) is 0 Å². The van der Waals surface area contributed by atoms with E-state index in [0.29, 0.717) is 5.15 Å². The van der Waals surface area contributed by atoms with Crippen LogP contribution in [0.3, 0.4) is 0 Å². The normalized spacial score (nSPS) is 15.5. The van der Waals surface area contributed by atoms with Gasteiger partial charge in [0.05, 0.1) is 29.1 Å². The second-order valence-electron chi connectivity index (χ2n) is 5.40. The molecule has 0 atom stereocenters. The molecular weight excluding hydrogens is 300 g/mol. The summed E-state index contributed by atoms with van der Waals surface area (Å²) in [6.07, 6.45) is 6.61. The summed E-state index contributed by atoms with van der Waals surface area (Å²) < 4.78 is 1.72. The van der Waals surface area contributed by atoms with Gasteiger partial charge in [-0.3, -0.25) is 4.68 Å². The van der Waals surface area contributed by atoms with Crippen molar-refractivity contribution in [2.45, 2.75) is 18.9 Å². The number of aromatic nitrogens is 3. The molecule has 22 heavy (non-hydrogen) atoms. The predicted molar refractivity (Wildman–Crippen MR) is 85.9 cm³/mol. The highest BCUT2D eigenvalue weighted by atomic mass is 35.5. The van der Waals surface area contributed by atoms with E-state index in [1.54, 1.807) is 17.1 Å². The lowest BCUT2D eigenvalue weighted by molar-refractivity contribution is 0.145. The van der Waals surface area contributed by atoms with Crippen molar-refractivity contribution < 1.29 is 5.11 Å². The number of aliphatic hydroxyl groups is 1. The van der Waals surface area contributed by atoms with E-state index in [-0.39, 0.29) is 6.10 Å². The van der Waals surface area contributed by atoms with Crippen LogP contribution in [-0.2, 0) is 7.05 Å². The Kier molecular flexibility index (Phi) is 4.32. The number of piperidine rings is 1. The number of halogens is 1. The Morgan fingerprint density at radius 1 is 1.27 bits per heavy atom. The molecule has 1 aliphatic rings. The third kappa shape index (κ3) is 3.41. The summed E-state index contributed by atoms with van der Waals surface area (Å²) in [6.45, 7) is 1.59. The van der Waals surface area contributed by atoms with Crippen LogP contribution in [-0.4, -0.2) is 39.1 Å². The van der Waals surface area contributed by atoms with Gasteiger partial charge >= 0.3 is 0 Å². The monoisotopic (exact) mass is 316 g/mol. The SMILES string of the molecule is Cn1cc(C#Cc2cnc(Cl)cc2N2CCC(O)CC2)cn1. The summed E-state index contributed by atoms with van der Waals surface area (Å²) in [5.74, 6) is 6.25. The molecule has 2 aromatic heterocycles. The van der Waals surface area contributed by atoms with Crippen molar-refractivity contribution in [3.05, 3.63) is 40.9 Å². The standard InChI is InChI=1S/C16H17ClN4O/c1-20-11-12(9-19-20)2-3-13-10-18-16(17)8-15(13)21-6-4-14(22)5-7-21/h8-11,14,22H,4-7H2,1H3. The van der Waals surface area contributed by atoms with Crippen molar-refractivity contribution in [3.63, 3.8) is 0 Å². The molecule has 0 spiro atoms. The van der Waals surface area contributed by atoms with Crippen molar-refractivity contribution in [1.82, 2.24) is 14.8 Å². The molecule has 0 radical (unpaired) electrons. The van der Waals surface area contributed by atoms with Crippen molar-refractivity contribution in [1.29, 1.82) is 0 Å². The van der Waals surface area contributed by atoms with Crippen molar-refractivity contribution >= 4 is 17.3 Å². The maximum atomic E-state index is 9.65. The average molecular weight is 317 g/mol. The molecule has 0 aromatic carbocycles. The van der Waals surface area contributed by atoms with Gasteiger partial charge in [-0.05, 0) is 12.8 Å². The molecule has 1 fully saturated rings. The van der Waals surface area contributed by atoms with Gasteiger partial charge in [-0.2, -0.15) is 5.10 Å². The van der Waals surface area contributed by atoms with Gasteiger partial charge in [0, 0.05) is 38.6 Å². The number of nitrogens with zero attached hydrogens (tertiary/aromatic N) is 4. The number of rotatable bonds is 1. The molecule has 0 saturated carbocycles. The van der Waals surface area contributed by atoms with Crippen LogP contribution >= 0.6 is 11.6 Å². The molecule has 2 aromatic rings. The first-order chi connectivity index (χ1) is 10.6. The molecule has 1 saturated heterocycles. The molecule has 0 amide bonds. The van der Waals surface area contributed by atoms with Gasteiger partial charge in [0.1, 0.15) is 5.15 Å². The molecule has 114 valence electrons. The van der Waals surface area contributed by atoms with Gasteiger partial charge in [-0.25, -0.2) is 4.98 Å². The Morgan fingerprint density at radius 3 is 2.73 bits per heavy atom. The molecule has 1 N–H and O–H groups in total. The van der Waals surface area contributed by atoms with Crippen molar-refractivity contribution in [2.75, 3.05) is 18.0 Å². The highest BCUT2D eigenvalue weighted by molar-refractivity contribution is 6.29. The summed E-state index contributed by atoms with van der Waals surface area (Å²) >= 11 is 6.04. The molecule has 0 aliphatic carbocycles. The first kappa shape index (κ1) is 14.9. The molecule has 5 nitrogen and oxygen atoms in total. The fourth-order valence-electron chi connectivity index (χ4n) is 2.51. The van der Waals surface area contributed by atoms with E-state index in [1.165, 1.54) is 0 Å². The summed E-state index contributed by atoms with van der Waals surface area (Å²) in [5, 5.41) is 14.2. The van der Waals surface area contributed by atoms with E-state index >= 15 is 0 Å². The second-order valence-corrected chi connectivity index (χ2v) is 5.78. The van der Waals surface area contributed by atoms with Gasteiger partial charge in [0.2, 0.25) is 0 Å². The zero-order valence-electron chi connectivity index (χ0n) is 12.3. The number of aryl methyl sites for hydroxylation is 1. The molecule has 6 heteroatoms. The van der Waals surface area contributed by atoms with Crippen LogP contribution in [0.25, 0.3) is 0 Å². The van der Waals surface area contributed by atoms with Crippen LogP contribution in [0, 0.1) is 11.8 Å². The smallest absolute Gasteiger partial charge is 0.131 e. The summed E-state index contributed by atoms with van der Waals surface area (Å²) in [7, 11) is 1.86. The van der Waals surface area contributed by atoms with Crippen LogP contribution in [0.4, 0.5) is 5.69 Å². The van der Waals surface area contributed by atoms with E-state index in [9.17, 15) is 5.11 Å². The van der Waals surface area contributed by atoms with Gasteiger partial charge in [-0.15, -0.1) is 0 Å². The molecule has 0 unspecified atom stereocenters. The number of hydrogen-bond acceptors (Lipinski definition) is 4. The number of pyridine rings is 1. The van der Waals surface area contributed by atoms with Crippen LogP contribution < -0.4 is 4.90 Å². The maximum Gasteiger partial charge on any atom is 0.131 e. The molecule has 3 heterocycles. The highest BCUT2D eigenvalue weighted by Gasteiger charge is 2.19. The van der Waals surface area contributed by atoms with E-state index in [0.717, 1.165) is 42.7 Å². The molecule has 0 bridgehead atoms. The van der Waals surface area contributed by atoms with Gasteiger partial charge in [0.25, 0.3) is 0 Å². The molecule has 3 rings (SSSR count). The van der Waals surface area contributed by atoms with Crippen LogP contribution in [0.5, 0.6) is 0 Å². The summed E-state index contributed by atoms with van der Waals surface area (Å²) in [6, 6.07) is 1.84. The minimum Gasteiger partial charge on any atom is -0.393 e. The Hall–Kier alpha value is -2.03. The average Bonchev–Trinajstić information content (AvgIpc) is 2.92. The largest absolute Gasteiger partial charge is 0.393 e. The number of hydrogen-bond donors (Lipinski definition) is 1. The lowest BCUT2D eigenvalue weighted by atomic mass is 10.1. The van der Waals surface area contributed by atoms with E-state index in [2.05, 4.69) is 26.8 Å². The Balaban J connectivity index is 1.89. The summed E-state index contributed by atoms with van der Waals surface area (Å²) in [4.78, 5) is 6.34. The number of aliphatic hydroxyl groups excluding tert-OH is 1. The van der Waals surface area contributed by atoms with E-state index in [1.807, 2.05) is 19.3 Å². The van der Waals surface area contributed by atoms with Crippen LogP contribution in [0.1, 0.15) is 24.0 Å². The third-order valence-corrected chi connectivity index (χ3v) is 3.91. The van der Waals surface area contributed by atoms with Gasteiger partial charge in [-0.1, -0.05) is 23.4 Å². The van der Waals surface area contributed by atoms with E-state index < -0.39 is 0 Å². The Morgan fingerprint density at radius 2 is 2.05 bits per heavy atom. The predicted octanol–water partition coefficient (Wildman–Crippen LogP) is 1.83. The zero-order valence-corrected chi connectivity index (χ0v) is 13.1. The Labute approximate surface area is 134 Å². The fraction of sp³-hybridized carbons (Fsp3) is 0.375. The van der Waals surface area contributed by atoms with E-state index in [4.69, 9.17) is 11.6 Å². The first-order valence-electron chi connectivity index (χ1n) is 7.21. The van der Waals surface area contributed by atoms with Crippen LogP contribution in [0.15, 0.2) is 24.7 Å². The lowest BCUT2D eigenvalue weighted by Gasteiger charge is -2.32. The fourth-order valence-corrected chi connectivity index (χ4v) is 2.66. The van der Waals surface area contributed by atoms with Gasteiger partial charge < -0.3 is 10.0 Å². The first-order valence-corrected chi connectivity index (χ1v) is 7.59. The zero-order chi connectivity index (χ0) is 15.5. The second kappa shape index (κ2) is 6.39.